The zero-order valence-electron chi connectivity index (χ0n) is 16.8. The molecule has 0 aliphatic rings. The summed E-state index contributed by atoms with van der Waals surface area (Å²) in [5, 5.41) is 5.14. The standard InChI is InChI=1S/C28H20Br2/c1-17-15-19(11-13-25(17)29)27-21-7-3-5-9-23(21)28(24-10-6-4-8-22(24)27)20-12-14-26(30)18(2)16-20/h3-16H,1-2H3. The molecular formula is C28H20Br2. The maximum absolute atomic E-state index is 3.65. The van der Waals surface area contributed by atoms with Gasteiger partial charge in [0.25, 0.3) is 0 Å². The molecule has 30 heavy (non-hydrogen) atoms. The molecule has 0 aromatic heterocycles. The molecule has 146 valence electrons. The molecular weight excluding hydrogens is 496 g/mol. The first-order valence-electron chi connectivity index (χ1n) is 10.0. The molecule has 2 heteroatoms. The third-order valence-electron chi connectivity index (χ3n) is 5.82. The van der Waals surface area contributed by atoms with Crippen LogP contribution in [0.25, 0.3) is 43.8 Å². The van der Waals surface area contributed by atoms with Gasteiger partial charge in [0, 0.05) is 8.95 Å². The molecule has 0 amide bonds. The summed E-state index contributed by atoms with van der Waals surface area (Å²) < 4.78 is 2.28. The minimum absolute atomic E-state index is 1.14. The van der Waals surface area contributed by atoms with Crippen molar-refractivity contribution >= 4 is 53.4 Å². The van der Waals surface area contributed by atoms with Crippen molar-refractivity contribution in [3.63, 3.8) is 0 Å². The van der Waals surface area contributed by atoms with E-state index in [0.29, 0.717) is 0 Å². The summed E-state index contributed by atoms with van der Waals surface area (Å²) in [6.45, 7) is 4.30. The van der Waals surface area contributed by atoms with Crippen LogP contribution in [0.5, 0.6) is 0 Å². The van der Waals surface area contributed by atoms with E-state index in [4.69, 9.17) is 0 Å². The third-order valence-corrected chi connectivity index (χ3v) is 7.60. The molecule has 0 spiro atoms. The highest BCUT2D eigenvalue weighted by Gasteiger charge is 2.17. The summed E-state index contributed by atoms with van der Waals surface area (Å²) in [6, 6.07) is 30.9. The Morgan fingerprint density at radius 3 is 1.10 bits per heavy atom. The topological polar surface area (TPSA) is 0 Å². The van der Waals surface area contributed by atoms with Gasteiger partial charge in [-0.05, 0) is 80.9 Å². The van der Waals surface area contributed by atoms with E-state index >= 15 is 0 Å². The maximum Gasteiger partial charge on any atom is 0.0204 e. The van der Waals surface area contributed by atoms with Crippen molar-refractivity contribution in [1.82, 2.24) is 0 Å². The second-order valence-electron chi connectivity index (χ2n) is 7.77. The first kappa shape index (κ1) is 19.5. The van der Waals surface area contributed by atoms with E-state index < -0.39 is 0 Å². The Bertz CT molecular complexity index is 1260. The smallest absolute Gasteiger partial charge is 0.0204 e. The SMILES string of the molecule is Cc1cc(-c2c3ccccc3c(-c3ccc(Br)c(C)c3)c3ccccc23)ccc1Br. The van der Waals surface area contributed by atoms with Crippen molar-refractivity contribution in [3.05, 3.63) is 105 Å². The number of hydrogen-bond donors (Lipinski definition) is 0. The molecule has 5 aromatic rings. The van der Waals surface area contributed by atoms with E-state index in [1.165, 1.54) is 54.9 Å². The van der Waals surface area contributed by atoms with Gasteiger partial charge in [0.15, 0.2) is 0 Å². The van der Waals surface area contributed by atoms with E-state index in [1.807, 2.05) is 0 Å². The molecule has 0 atom stereocenters. The second-order valence-corrected chi connectivity index (χ2v) is 9.48. The minimum Gasteiger partial charge on any atom is -0.0616 e. The van der Waals surface area contributed by atoms with E-state index in [1.54, 1.807) is 0 Å². The summed E-state index contributed by atoms with van der Waals surface area (Å²) >= 11 is 7.30. The Labute approximate surface area is 193 Å². The first-order valence-corrected chi connectivity index (χ1v) is 11.6. The number of hydrogen-bond acceptors (Lipinski definition) is 0. The Balaban J connectivity index is 1.96. The fourth-order valence-electron chi connectivity index (χ4n) is 4.35. The van der Waals surface area contributed by atoms with Crippen molar-refractivity contribution in [3.8, 4) is 22.3 Å². The lowest BCUT2D eigenvalue weighted by atomic mass is 9.85. The fraction of sp³-hybridized carbons (Fsp3) is 0.0714. The molecule has 5 aromatic carbocycles. The van der Waals surface area contributed by atoms with Gasteiger partial charge in [0.05, 0.1) is 0 Å². The molecule has 0 nitrogen and oxygen atoms in total. The lowest BCUT2D eigenvalue weighted by Crippen LogP contribution is -1.91. The van der Waals surface area contributed by atoms with Crippen molar-refractivity contribution in [2.45, 2.75) is 13.8 Å². The fourth-order valence-corrected chi connectivity index (χ4v) is 4.84. The van der Waals surface area contributed by atoms with Gasteiger partial charge in [-0.1, -0.05) is 105 Å². The summed E-state index contributed by atoms with van der Waals surface area (Å²) in [7, 11) is 0. The van der Waals surface area contributed by atoms with Crippen LogP contribution < -0.4 is 0 Å². The molecule has 0 radical (unpaired) electrons. The highest BCUT2D eigenvalue weighted by molar-refractivity contribution is 9.10. The lowest BCUT2D eigenvalue weighted by molar-refractivity contribution is 1.43. The van der Waals surface area contributed by atoms with Crippen molar-refractivity contribution in [1.29, 1.82) is 0 Å². The molecule has 5 rings (SSSR count). The van der Waals surface area contributed by atoms with E-state index in [-0.39, 0.29) is 0 Å². The minimum atomic E-state index is 1.14. The van der Waals surface area contributed by atoms with Crippen molar-refractivity contribution < 1.29 is 0 Å². The molecule has 0 heterocycles. The molecule has 0 unspecified atom stereocenters. The highest BCUT2D eigenvalue weighted by atomic mass is 79.9. The van der Waals surface area contributed by atoms with Gasteiger partial charge in [0.1, 0.15) is 0 Å². The van der Waals surface area contributed by atoms with Gasteiger partial charge >= 0.3 is 0 Å². The summed E-state index contributed by atoms with van der Waals surface area (Å²) in [6.07, 6.45) is 0. The maximum atomic E-state index is 3.65. The molecule has 0 saturated heterocycles. The Morgan fingerprint density at radius 2 is 0.800 bits per heavy atom. The molecule has 0 N–H and O–H groups in total. The molecule has 0 bridgehead atoms. The Hall–Kier alpha value is -2.42. The van der Waals surface area contributed by atoms with E-state index in [9.17, 15) is 0 Å². The van der Waals surface area contributed by atoms with Crippen LogP contribution in [0.2, 0.25) is 0 Å². The number of rotatable bonds is 2. The molecule has 0 aliphatic carbocycles. The van der Waals surface area contributed by atoms with Gasteiger partial charge in [-0.25, -0.2) is 0 Å². The average molecular weight is 516 g/mol. The van der Waals surface area contributed by atoms with Crippen molar-refractivity contribution in [2.75, 3.05) is 0 Å². The molecule has 0 aliphatic heterocycles. The molecule has 0 fully saturated rings. The van der Waals surface area contributed by atoms with Crippen LogP contribution in [0.4, 0.5) is 0 Å². The van der Waals surface area contributed by atoms with Crippen molar-refractivity contribution in [2.24, 2.45) is 0 Å². The van der Waals surface area contributed by atoms with Crippen LogP contribution >= 0.6 is 31.9 Å². The second kappa shape index (κ2) is 7.68. The van der Waals surface area contributed by atoms with Gasteiger partial charge < -0.3 is 0 Å². The van der Waals surface area contributed by atoms with Gasteiger partial charge in [0.2, 0.25) is 0 Å². The van der Waals surface area contributed by atoms with Gasteiger partial charge in [-0.3, -0.25) is 0 Å². The van der Waals surface area contributed by atoms with Gasteiger partial charge in [-0.15, -0.1) is 0 Å². The Morgan fingerprint density at radius 1 is 0.467 bits per heavy atom. The largest absolute Gasteiger partial charge is 0.0616 e. The average Bonchev–Trinajstić information content (AvgIpc) is 2.76. The molecule has 0 saturated carbocycles. The summed E-state index contributed by atoms with van der Waals surface area (Å²) in [5.74, 6) is 0. The number of halogens is 2. The van der Waals surface area contributed by atoms with Crippen LogP contribution in [0, 0.1) is 13.8 Å². The summed E-state index contributed by atoms with van der Waals surface area (Å²) in [4.78, 5) is 0. The quantitative estimate of drug-likeness (QED) is 0.205. The highest BCUT2D eigenvalue weighted by Crippen LogP contribution is 2.44. The van der Waals surface area contributed by atoms with Crippen LogP contribution in [0.15, 0.2) is 93.9 Å². The van der Waals surface area contributed by atoms with Gasteiger partial charge in [-0.2, -0.15) is 0 Å². The summed E-state index contributed by atoms with van der Waals surface area (Å²) in [5.41, 5.74) is 7.59. The first-order chi connectivity index (χ1) is 14.5. The zero-order valence-corrected chi connectivity index (χ0v) is 20.0. The van der Waals surface area contributed by atoms with E-state index in [2.05, 4.69) is 131 Å². The van der Waals surface area contributed by atoms with Crippen LogP contribution in [0.1, 0.15) is 11.1 Å². The normalized spacial score (nSPS) is 11.3. The lowest BCUT2D eigenvalue weighted by Gasteiger charge is -2.18. The third kappa shape index (κ3) is 3.19. The predicted molar refractivity (Wildman–Crippen MR) is 137 cm³/mol. The number of fused-ring (bicyclic) bond motifs is 2. The predicted octanol–water partition coefficient (Wildman–Crippen LogP) is 9.47. The number of benzene rings is 5. The monoisotopic (exact) mass is 514 g/mol. The van der Waals surface area contributed by atoms with Crippen LogP contribution in [-0.2, 0) is 0 Å². The van der Waals surface area contributed by atoms with E-state index in [0.717, 1.165) is 8.95 Å². The van der Waals surface area contributed by atoms with Crippen LogP contribution in [-0.4, -0.2) is 0 Å². The Kier molecular flexibility index (Phi) is 5.00. The van der Waals surface area contributed by atoms with Crippen LogP contribution in [0.3, 0.4) is 0 Å². The number of aryl methyl sites for hydroxylation is 2. The zero-order chi connectivity index (χ0) is 20.8.